The molecule has 0 saturated heterocycles. The third-order valence-electron chi connectivity index (χ3n) is 4.80. The van der Waals surface area contributed by atoms with E-state index < -0.39 is 0 Å². The molecule has 23 heavy (non-hydrogen) atoms. The van der Waals surface area contributed by atoms with Gasteiger partial charge in [0, 0.05) is 6.04 Å². The number of benzene rings is 2. The topological polar surface area (TPSA) is 26.0 Å². The average Bonchev–Trinajstić information content (AvgIpc) is 2.56. The number of nitrogens with two attached hydrogens (primary N) is 1. The van der Waals surface area contributed by atoms with E-state index in [1.54, 1.807) is 0 Å². The summed E-state index contributed by atoms with van der Waals surface area (Å²) in [7, 11) is 0. The van der Waals surface area contributed by atoms with E-state index in [0.717, 1.165) is 19.3 Å². The van der Waals surface area contributed by atoms with E-state index in [-0.39, 0.29) is 6.04 Å². The molecule has 0 heterocycles. The molecule has 1 nitrogen and oxygen atoms in total. The number of hydrogen-bond acceptors (Lipinski definition) is 1. The van der Waals surface area contributed by atoms with Crippen LogP contribution in [0.25, 0.3) is 10.8 Å². The third kappa shape index (κ3) is 4.35. The van der Waals surface area contributed by atoms with Crippen molar-refractivity contribution in [1.82, 2.24) is 0 Å². The predicted molar refractivity (Wildman–Crippen MR) is 103 cm³/mol. The summed E-state index contributed by atoms with van der Waals surface area (Å²) in [5.74, 6) is 0. The zero-order chi connectivity index (χ0) is 16.7. The molecule has 0 aromatic heterocycles. The lowest BCUT2D eigenvalue weighted by Crippen LogP contribution is -2.15. The molecule has 0 aliphatic carbocycles. The van der Waals surface area contributed by atoms with Gasteiger partial charge in [-0.3, -0.25) is 0 Å². The Morgan fingerprint density at radius 1 is 0.913 bits per heavy atom. The fourth-order valence-electron chi connectivity index (χ4n) is 3.70. The standard InChI is InChI=1S/C22H33N/c1-4-7-8-15-21(23)22-19(12-6-3)17(11-5-2)16-18-13-9-10-14-20(18)22/h9-10,13-14,16,21H,4-8,11-12,15,23H2,1-3H3. The molecule has 2 aromatic rings. The van der Waals surface area contributed by atoms with Crippen LogP contribution in [0, 0.1) is 0 Å². The van der Waals surface area contributed by atoms with E-state index in [1.165, 1.54) is 59.6 Å². The zero-order valence-corrected chi connectivity index (χ0v) is 15.2. The minimum Gasteiger partial charge on any atom is -0.324 e. The summed E-state index contributed by atoms with van der Waals surface area (Å²) >= 11 is 0. The summed E-state index contributed by atoms with van der Waals surface area (Å²) < 4.78 is 0. The second-order valence-electron chi connectivity index (χ2n) is 6.75. The van der Waals surface area contributed by atoms with Crippen molar-refractivity contribution < 1.29 is 0 Å². The molecule has 126 valence electrons. The van der Waals surface area contributed by atoms with Crippen molar-refractivity contribution in [3.63, 3.8) is 0 Å². The van der Waals surface area contributed by atoms with E-state index in [9.17, 15) is 0 Å². The first-order valence-corrected chi connectivity index (χ1v) is 9.51. The molecule has 0 fully saturated rings. The summed E-state index contributed by atoms with van der Waals surface area (Å²) in [4.78, 5) is 0. The molecule has 0 radical (unpaired) electrons. The van der Waals surface area contributed by atoms with Gasteiger partial charge < -0.3 is 5.73 Å². The van der Waals surface area contributed by atoms with Crippen molar-refractivity contribution in [3.8, 4) is 0 Å². The van der Waals surface area contributed by atoms with E-state index in [4.69, 9.17) is 5.73 Å². The van der Waals surface area contributed by atoms with Crippen LogP contribution in [-0.2, 0) is 12.8 Å². The minimum absolute atomic E-state index is 0.171. The van der Waals surface area contributed by atoms with E-state index in [0.29, 0.717) is 0 Å². The predicted octanol–water partition coefficient (Wildman–Crippen LogP) is 6.32. The molecule has 0 amide bonds. The highest BCUT2D eigenvalue weighted by Crippen LogP contribution is 2.33. The van der Waals surface area contributed by atoms with Crippen LogP contribution in [-0.4, -0.2) is 0 Å². The summed E-state index contributed by atoms with van der Waals surface area (Å²) in [6.07, 6.45) is 9.56. The van der Waals surface area contributed by atoms with Crippen molar-refractivity contribution in [2.45, 2.75) is 78.2 Å². The first-order chi connectivity index (χ1) is 11.2. The van der Waals surface area contributed by atoms with Crippen LogP contribution in [0.15, 0.2) is 30.3 Å². The Morgan fingerprint density at radius 3 is 2.35 bits per heavy atom. The van der Waals surface area contributed by atoms with Crippen molar-refractivity contribution in [3.05, 3.63) is 47.0 Å². The maximum atomic E-state index is 6.70. The largest absolute Gasteiger partial charge is 0.324 e. The highest BCUT2D eigenvalue weighted by molar-refractivity contribution is 5.88. The molecule has 1 unspecified atom stereocenters. The molecule has 2 aromatic carbocycles. The van der Waals surface area contributed by atoms with Gasteiger partial charge in [-0.1, -0.05) is 83.2 Å². The number of aryl methyl sites for hydroxylation is 1. The number of rotatable bonds is 9. The number of fused-ring (bicyclic) bond motifs is 1. The Bertz CT molecular complexity index is 615. The molecule has 0 spiro atoms. The van der Waals surface area contributed by atoms with Crippen LogP contribution >= 0.6 is 0 Å². The highest BCUT2D eigenvalue weighted by Gasteiger charge is 2.17. The maximum Gasteiger partial charge on any atom is 0.0303 e. The summed E-state index contributed by atoms with van der Waals surface area (Å²) in [6, 6.07) is 11.4. The van der Waals surface area contributed by atoms with Crippen molar-refractivity contribution in [1.29, 1.82) is 0 Å². The molecule has 2 rings (SSSR count). The Hall–Kier alpha value is -1.34. The summed E-state index contributed by atoms with van der Waals surface area (Å²) in [6.45, 7) is 6.80. The van der Waals surface area contributed by atoms with Crippen LogP contribution in [0.5, 0.6) is 0 Å². The van der Waals surface area contributed by atoms with Gasteiger partial charge in [0.25, 0.3) is 0 Å². The lowest BCUT2D eigenvalue weighted by Gasteiger charge is -2.22. The van der Waals surface area contributed by atoms with Crippen molar-refractivity contribution in [2.24, 2.45) is 5.73 Å². The number of hydrogen-bond donors (Lipinski definition) is 1. The first-order valence-electron chi connectivity index (χ1n) is 9.51. The van der Waals surface area contributed by atoms with E-state index in [2.05, 4.69) is 51.1 Å². The van der Waals surface area contributed by atoms with Crippen LogP contribution in [0.1, 0.15) is 82.0 Å². The highest BCUT2D eigenvalue weighted by atomic mass is 14.6. The van der Waals surface area contributed by atoms with Gasteiger partial charge in [-0.2, -0.15) is 0 Å². The van der Waals surface area contributed by atoms with Crippen LogP contribution in [0.4, 0.5) is 0 Å². The first kappa shape index (κ1) is 18.0. The van der Waals surface area contributed by atoms with Crippen molar-refractivity contribution in [2.75, 3.05) is 0 Å². The molecular formula is C22H33N. The van der Waals surface area contributed by atoms with Crippen LogP contribution < -0.4 is 5.73 Å². The number of unbranched alkanes of at least 4 members (excludes halogenated alkanes) is 2. The molecule has 2 N–H and O–H groups in total. The Kier molecular flexibility index (Phi) is 7.11. The second-order valence-corrected chi connectivity index (χ2v) is 6.75. The van der Waals surface area contributed by atoms with Gasteiger partial charge in [0.15, 0.2) is 0 Å². The molecular weight excluding hydrogens is 278 g/mol. The maximum absolute atomic E-state index is 6.70. The fourth-order valence-corrected chi connectivity index (χ4v) is 3.70. The van der Waals surface area contributed by atoms with Gasteiger partial charge in [0.05, 0.1) is 0 Å². The molecule has 1 atom stereocenters. The Balaban J connectivity index is 2.53. The van der Waals surface area contributed by atoms with Crippen LogP contribution in [0.2, 0.25) is 0 Å². The second kappa shape index (κ2) is 9.08. The molecule has 0 aliphatic heterocycles. The zero-order valence-electron chi connectivity index (χ0n) is 15.2. The summed E-state index contributed by atoms with van der Waals surface area (Å²) in [5, 5.41) is 2.73. The van der Waals surface area contributed by atoms with Gasteiger partial charge in [-0.15, -0.1) is 0 Å². The van der Waals surface area contributed by atoms with Gasteiger partial charge in [0.2, 0.25) is 0 Å². The van der Waals surface area contributed by atoms with Crippen molar-refractivity contribution >= 4 is 10.8 Å². The monoisotopic (exact) mass is 311 g/mol. The normalized spacial score (nSPS) is 12.7. The Morgan fingerprint density at radius 2 is 1.65 bits per heavy atom. The van der Waals surface area contributed by atoms with Gasteiger partial charge in [-0.25, -0.2) is 0 Å². The van der Waals surface area contributed by atoms with E-state index in [1.807, 2.05) is 0 Å². The SMILES string of the molecule is CCCCCC(N)c1c(CCC)c(CCC)cc2ccccc12. The smallest absolute Gasteiger partial charge is 0.0303 e. The fraction of sp³-hybridized carbons (Fsp3) is 0.545. The summed E-state index contributed by atoms with van der Waals surface area (Å²) in [5.41, 5.74) is 11.2. The van der Waals surface area contributed by atoms with Gasteiger partial charge in [-0.05, 0) is 46.7 Å². The van der Waals surface area contributed by atoms with Gasteiger partial charge >= 0.3 is 0 Å². The lowest BCUT2D eigenvalue weighted by atomic mass is 9.85. The molecule has 0 bridgehead atoms. The van der Waals surface area contributed by atoms with Crippen LogP contribution in [0.3, 0.4) is 0 Å². The third-order valence-corrected chi connectivity index (χ3v) is 4.80. The quantitative estimate of drug-likeness (QED) is 0.538. The molecule has 0 saturated carbocycles. The Labute approximate surface area is 142 Å². The average molecular weight is 312 g/mol. The minimum atomic E-state index is 0.171. The molecule has 0 aliphatic rings. The molecule has 1 heteroatoms. The van der Waals surface area contributed by atoms with E-state index >= 15 is 0 Å². The lowest BCUT2D eigenvalue weighted by molar-refractivity contribution is 0.579. The van der Waals surface area contributed by atoms with Gasteiger partial charge in [0.1, 0.15) is 0 Å².